The van der Waals surface area contributed by atoms with Crippen molar-refractivity contribution in [2.24, 2.45) is 0 Å². The molecule has 35 heavy (non-hydrogen) atoms. The first-order chi connectivity index (χ1) is 16.9. The van der Waals surface area contributed by atoms with Crippen molar-refractivity contribution < 1.29 is 13.2 Å². The lowest BCUT2D eigenvalue weighted by Crippen LogP contribution is -2.35. The third kappa shape index (κ3) is 6.68. The van der Waals surface area contributed by atoms with Crippen molar-refractivity contribution in [1.29, 1.82) is 0 Å². The summed E-state index contributed by atoms with van der Waals surface area (Å²) >= 11 is 0. The van der Waals surface area contributed by atoms with E-state index in [-0.39, 0.29) is 16.8 Å². The zero-order chi connectivity index (χ0) is 24.7. The Morgan fingerprint density at radius 1 is 1.00 bits per heavy atom. The Bertz CT molecular complexity index is 1230. The van der Waals surface area contributed by atoms with E-state index in [1.807, 2.05) is 35.0 Å². The summed E-state index contributed by atoms with van der Waals surface area (Å²) in [6.45, 7) is 0. The Morgan fingerprint density at radius 3 is 2.29 bits per heavy atom. The Hall–Kier alpha value is -3.23. The number of benzene rings is 2. The minimum absolute atomic E-state index is 0.0108. The Balaban J connectivity index is 1.36. The number of nitrogens with zero attached hydrogens (tertiary/aromatic N) is 3. The van der Waals surface area contributed by atoms with Gasteiger partial charge in [-0.05, 0) is 60.9 Å². The van der Waals surface area contributed by atoms with Crippen LogP contribution in [0.4, 0.5) is 5.69 Å². The summed E-state index contributed by atoms with van der Waals surface area (Å²) in [5, 5.41) is 0. The van der Waals surface area contributed by atoms with Gasteiger partial charge in [0.25, 0.3) is 5.91 Å². The molecule has 3 aromatic rings. The van der Waals surface area contributed by atoms with Crippen LogP contribution >= 0.6 is 0 Å². The lowest BCUT2D eigenvalue weighted by Gasteiger charge is -2.21. The molecule has 0 bridgehead atoms. The summed E-state index contributed by atoms with van der Waals surface area (Å²) in [7, 11) is -1.92. The number of hydrogen-bond donors (Lipinski definition) is 1. The van der Waals surface area contributed by atoms with Gasteiger partial charge in [-0.1, -0.05) is 44.2 Å². The molecule has 1 fully saturated rings. The molecule has 2 aromatic carbocycles. The number of carbonyl (C=O) groups excluding carboxylic acids is 1. The number of aromatic nitrogens is 2. The number of carbonyl (C=O) groups is 1. The zero-order valence-electron chi connectivity index (χ0n) is 20.0. The van der Waals surface area contributed by atoms with E-state index in [1.165, 1.54) is 30.2 Å². The number of likely N-dealkylation sites (N-methyl/N-ethyl adjacent to an activating group) is 1. The van der Waals surface area contributed by atoms with Crippen LogP contribution in [0.5, 0.6) is 0 Å². The molecule has 0 unspecified atom stereocenters. The van der Waals surface area contributed by atoms with Crippen LogP contribution in [0.3, 0.4) is 0 Å². The fourth-order valence-corrected chi connectivity index (χ4v) is 5.59. The number of anilines is 1. The molecule has 4 rings (SSSR count). The van der Waals surface area contributed by atoms with E-state index in [1.54, 1.807) is 49.9 Å². The van der Waals surface area contributed by atoms with Crippen LogP contribution in [0.2, 0.25) is 0 Å². The Labute approximate surface area is 207 Å². The smallest absolute Gasteiger partial charge is 0.250 e. The van der Waals surface area contributed by atoms with E-state index in [9.17, 15) is 13.2 Å². The van der Waals surface area contributed by atoms with E-state index in [0.717, 1.165) is 36.9 Å². The molecule has 1 saturated carbocycles. The minimum atomic E-state index is -3.59. The fourth-order valence-electron chi connectivity index (χ4n) is 4.29. The average molecular weight is 493 g/mol. The SMILES string of the molecule is CN(C(=O)C=Cc1ccc(-n2ccnc2)cc1)c1ccc(S(=O)(=O)NC2CCCCCCC2)cc1. The van der Waals surface area contributed by atoms with Gasteiger partial charge in [-0.3, -0.25) is 4.79 Å². The third-order valence-electron chi connectivity index (χ3n) is 6.41. The van der Waals surface area contributed by atoms with Crippen molar-refractivity contribution in [1.82, 2.24) is 14.3 Å². The fraction of sp³-hybridized carbons (Fsp3) is 0.333. The highest BCUT2D eigenvalue weighted by atomic mass is 32.2. The number of sulfonamides is 1. The standard InChI is InChI=1S/C27H32N4O3S/c1-30(27(32)18-11-22-9-12-25(13-10-22)31-20-19-28-21-31)24-14-16-26(17-15-24)35(33,34)29-23-7-5-3-2-4-6-8-23/h9-21,23,29H,2-8H2,1H3. The first-order valence-electron chi connectivity index (χ1n) is 12.1. The molecule has 0 saturated heterocycles. The predicted octanol–water partition coefficient (Wildman–Crippen LogP) is 4.94. The Kier molecular flexibility index (Phi) is 8.15. The van der Waals surface area contributed by atoms with Crippen molar-refractivity contribution in [3.63, 3.8) is 0 Å². The van der Waals surface area contributed by atoms with Crippen LogP contribution in [-0.4, -0.2) is 37.0 Å². The highest BCUT2D eigenvalue weighted by Gasteiger charge is 2.21. The van der Waals surface area contributed by atoms with Gasteiger partial charge in [-0.25, -0.2) is 18.1 Å². The topological polar surface area (TPSA) is 84.3 Å². The third-order valence-corrected chi connectivity index (χ3v) is 7.94. The molecule has 184 valence electrons. The zero-order valence-corrected chi connectivity index (χ0v) is 20.8. The molecule has 1 heterocycles. The maximum atomic E-state index is 12.9. The van der Waals surface area contributed by atoms with Crippen molar-refractivity contribution in [2.75, 3.05) is 11.9 Å². The summed E-state index contributed by atoms with van der Waals surface area (Å²) in [4.78, 5) is 18.4. The number of rotatable bonds is 7. The molecule has 7 nitrogen and oxygen atoms in total. The van der Waals surface area contributed by atoms with E-state index in [0.29, 0.717) is 5.69 Å². The monoisotopic (exact) mass is 492 g/mol. The molecule has 0 atom stereocenters. The summed E-state index contributed by atoms with van der Waals surface area (Å²) < 4.78 is 30.5. The molecule has 8 heteroatoms. The van der Waals surface area contributed by atoms with Crippen molar-refractivity contribution >= 4 is 27.7 Å². The Morgan fingerprint density at radius 2 is 1.66 bits per heavy atom. The van der Waals surface area contributed by atoms with Gasteiger partial charge >= 0.3 is 0 Å². The molecular weight excluding hydrogens is 460 g/mol. The van der Waals surface area contributed by atoms with E-state index in [4.69, 9.17) is 0 Å². The second-order valence-corrected chi connectivity index (χ2v) is 10.7. The predicted molar refractivity (Wildman–Crippen MR) is 139 cm³/mol. The number of imidazole rings is 1. The van der Waals surface area contributed by atoms with E-state index in [2.05, 4.69) is 9.71 Å². The van der Waals surface area contributed by atoms with E-state index < -0.39 is 10.0 Å². The van der Waals surface area contributed by atoms with Gasteiger partial charge in [0.05, 0.1) is 11.2 Å². The van der Waals surface area contributed by atoms with Crippen LogP contribution in [0.15, 0.2) is 78.2 Å². The summed E-state index contributed by atoms with van der Waals surface area (Å²) in [5.74, 6) is -0.202. The van der Waals surface area contributed by atoms with Gasteiger partial charge in [0.15, 0.2) is 0 Å². The van der Waals surface area contributed by atoms with Crippen LogP contribution in [0.25, 0.3) is 11.8 Å². The lowest BCUT2D eigenvalue weighted by atomic mass is 9.97. The second kappa shape index (κ2) is 11.5. The van der Waals surface area contributed by atoms with Crippen LogP contribution < -0.4 is 9.62 Å². The highest BCUT2D eigenvalue weighted by molar-refractivity contribution is 7.89. The maximum absolute atomic E-state index is 12.9. The highest BCUT2D eigenvalue weighted by Crippen LogP contribution is 2.21. The van der Waals surface area contributed by atoms with Gasteiger partial charge < -0.3 is 9.47 Å². The first-order valence-corrected chi connectivity index (χ1v) is 13.6. The van der Waals surface area contributed by atoms with Crippen LogP contribution in [0.1, 0.15) is 50.5 Å². The molecule has 1 aliphatic rings. The van der Waals surface area contributed by atoms with Gasteiger partial charge in [-0.15, -0.1) is 0 Å². The molecule has 1 aliphatic carbocycles. The number of hydrogen-bond acceptors (Lipinski definition) is 4. The molecule has 0 spiro atoms. The first kappa shape index (κ1) is 24.9. The molecule has 1 N–H and O–H groups in total. The molecule has 0 radical (unpaired) electrons. The molecule has 1 aromatic heterocycles. The molecule has 1 amide bonds. The molecular formula is C27H32N4O3S. The number of nitrogens with one attached hydrogen (secondary N) is 1. The largest absolute Gasteiger partial charge is 0.312 e. The summed E-state index contributed by atoms with van der Waals surface area (Å²) in [6, 6.07) is 14.2. The average Bonchev–Trinajstić information content (AvgIpc) is 3.39. The quantitative estimate of drug-likeness (QED) is 0.474. The molecule has 0 aliphatic heterocycles. The van der Waals surface area contributed by atoms with Crippen molar-refractivity contribution in [2.45, 2.75) is 55.9 Å². The lowest BCUT2D eigenvalue weighted by molar-refractivity contribution is -0.113. The van der Waals surface area contributed by atoms with Crippen LogP contribution in [-0.2, 0) is 14.8 Å². The van der Waals surface area contributed by atoms with Gasteiger partial charge in [0.2, 0.25) is 10.0 Å². The van der Waals surface area contributed by atoms with Crippen molar-refractivity contribution in [3.8, 4) is 5.69 Å². The maximum Gasteiger partial charge on any atom is 0.250 e. The van der Waals surface area contributed by atoms with Gasteiger partial charge in [0.1, 0.15) is 0 Å². The van der Waals surface area contributed by atoms with Crippen molar-refractivity contribution in [3.05, 3.63) is 78.9 Å². The summed E-state index contributed by atoms with van der Waals surface area (Å²) in [6.07, 6.45) is 16.0. The normalized spacial score (nSPS) is 15.6. The van der Waals surface area contributed by atoms with Crippen LogP contribution in [0, 0.1) is 0 Å². The second-order valence-electron chi connectivity index (χ2n) is 8.95. The number of amides is 1. The summed E-state index contributed by atoms with van der Waals surface area (Å²) in [5.41, 5.74) is 2.51. The minimum Gasteiger partial charge on any atom is -0.312 e. The van der Waals surface area contributed by atoms with Gasteiger partial charge in [0, 0.05) is 42.9 Å². The van der Waals surface area contributed by atoms with E-state index >= 15 is 0 Å². The van der Waals surface area contributed by atoms with Gasteiger partial charge in [-0.2, -0.15) is 0 Å².